The molecule has 3 aromatic carbocycles. The Balaban J connectivity index is 1.42. The number of rotatable bonds is 8. The predicted octanol–water partition coefficient (Wildman–Crippen LogP) is 6.92. The van der Waals surface area contributed by atoms with Gasteiger partial charge in [0.1, 0.15) is 11.3 Å². The number of thiocarbonyl (C=S) groups is 1. The lowest BCUT2D eigenvalue weighted by Crippen LogP contribution is -2.34. The van der Waals surface area contributed by atoms with Crippen LogP contribution < -0.4 is 15.4 Å². The highest BCUT2D eigenvalue weighted by molar-refractivity contribution is 7.80. The first-order valence-electron chi connectivity index (χ1n) is 11.8. The van der Waals surface area contributed by atoms with Crippen molar-refractivity contribution in [3.63, 3.8) is 0 Å². The minimum atomic E-state index is -0.295. The zero-order valence-electron chi connectivity index (χ0n) is 20.1. The van der Waals surface area contributed by atoms with Crippen LogP contribution in [-0.2, 0) is 0 Å². The summed E-state index contributed by atoms with van der Waals surface area (Å²) < 4.78 is 11.5. The minimum absolute atomic E-state index is 0.203. The van der Waals surface area contributed by atoms with Crippen LogP contribution in [0.4, 0.5) is 5.69 Å². The smallest absolute Gasteiger partial charge is 0.257 e. The van der Waals surface area contributed by atoms with Gasteiger partial charge in [0, 0.05) is 16.8 Å². The Labute approximate surface area is 210 Å². The molecule has 2 N–H and O–H groups in total. The van der Waals surface area contributed by atoms with Crippen LogP contribution >= 0.6 is 12.2 Å². The summed E-state index contributed by atoms with van der Waals surface area (Å²) in [5.74, 6) is 1.44. The molecule has 0 spiro atoms. The van der Waals surface area contributed by atoms with Crippen molar-refractivity contribution in [3.8, 4) is 17.2 Å². The molecule has 0 saturated heterocycles. The van der Waals surface area contributed by atoms with E-state index in [-0.39, 0.29) is 11.0 Å². The number of carbonyl (C=O) groups excluding carboxylic acids is 1. The maximum Gasteiger partial charge on any atom is 0.257 e. The van der Waals surface area contributed by atoms with Gasteiger partial charge in [0.05, 0.1) is 6.61 Å². The average molecular weight is 488 g/mol. The van der Waals surface area contributed by atoms with Crippen molar-refractivity contribution in [1.82, 2.24) is 10.3 Å². The van der Waals surface area contributed by atoms with Gasteiger partial charge < -0.3 is 14.5 Å². The van der Waals surface area contributed by atoms with Crippen LogP contribution in [0.5, 0.6) is 5.75 Å². The van der Waals surface area contributed by atoms with Gasteiger partial charge in [0.15, 0.2) is 10.7 Å². The first kappa shape index (κ1) is 24.4. The summed E-state index contributed by atoms with van der Waals surface area (Å²) in [5, 5.41) is 5.98. The number of hydrogen-bond donors (Lipinski definition) is 2. The fourth-order valence-corrected chi connectivity index (χ4v) is 3.81. The quantitative estimate of drug-likeness (QED) is 0.263. The SMILES string of the molecule is CCCOc1ccc(C(=O)NC(=S)Nc2cccc(-c3nc4cc([C@H](C)CC)ccc4o3)c2)cc1. The molecule has 1 atom stereocenters. The van der Waals surface area contributed by atoms with E-state index in [0.29, 0.717) is 24.0 Å². The van der Waals surface area contributed by atoms with Crippen LogP contribution in [0, 0.1) is 0 Å². The molecule has 1 amide bonds. The largest absolute Gasteiger partial charge is 0.494 e. The maximum absolute atomic E-state index is 12.6. The van der Waals surface area contributed by atoms with Gasteiger partial charge in [-0.1, -0.05) is 32.9 Å². The number of aromatic nitrogens is 1. The van der Waals surface area contributed by atoms with Gasteiger partial charge in [-0.05, 0) is 91.1 Å². The van der Waals surface area contributed by atoms with E-state index in [1.165, 1.54) is 5.56 Å². The molecule has 0 aliphatic carbocycles. The standard InChI is InChI=1S/C28H29N3O3S/c1-4-15-33-23-12-9-19(10-13-23)26(32)31-28(35)29-22-8-6-7-21(16-22)27-30-24-17-20(18(3)5-2)11-14-25(24)34-27/h6-14,16-18H,4-5,15H2,1-3H3,(H2,29,31,32,35)/t18-/m1/s1. The Bertz CT molecular complexity index is 1330. The third-order valence-electron chi connectivity index (χ3n) is 5.78. The number of amides is 1. The number of nitrogens with one attached hydrogen (secondary N) is 2. The van der Waals surface area contributed by atoms with Crippen LogP contribution in [0.25, 0.3) is 22.6 Å². The van der Waals surface area contributed by atoms with Crippen molar-refractivity contribution < 1.29 is 13.9 Å². The van der Waals surface area contributed by atoms with Crippen molar-refractivity contribution in [2.75, 3.05) is 11.9 Å². The Morgan fingerprint density at radius 1 is 1.09 bits per heavy atom. The first-order chi connectivity index (χ1) is 17.0. The second-order valence-electron chi connectivity index (χ2n) is 8.42. The topological polar surface area (TPSA) is 76.4 Å². The maximum atomic E-state index is 12.6. The summed E-state index contributed by atoms with van der Waals surface area (Å²) in [7, 11) is 0. The number of anilines is 1. The monoisotopic (exact) mass is 487 g/mol. The molecular formula is C28H29N3O3S. The molecule has 180 valence electrons. The second kappa shape index (κ2) is 11.1. The second-order valence-corrected chi connectivity index (χ2v) is 8.83. The highest BCUT2D eigenvalue weighted by Gasteiger charge is 2.13. The van der Waals surface area contributed by atoms with Crippen LogP contribution in [0.1, 0.15) is 55.5 Å². The third-order valence-corrected chi connectivity index (χ3v) is 5.98. The molecule has 0 aliphatic rings. The van der Waals surface area contributed by atoms with Gasteiger partial charge in [-0.3, -0.25) is 10.1 Å². The molecule has 0 aliphatic heterocycles. The lowest BCUT2D eigenvalue weighted by Gasteiger charge is -2.11. The normalized spacial score (nSPS) is 11.7. The molecule has 0 bridgehead atoms. The Morgan fingerprint density at radius 2 is 1.89 bits per heavy atom. The molecular weight excluding hydrogens is 458 g/mol. The minimum Gasteiger partial charge on any atom is -0.494 e. The van der Waals surface area contributed by atoms with Gasteiger partial charge in [-0.15, -0.1) is 0 Å². The lowest BCUT2D eigenvalue weighted by atomic mass is 9.98. The fourth-order valence-electron chi connectivity index (χ4n) is 3.60. The molecule has 4 aromatic rings. The van der Waals surface area contributed by atoms with E-state index >= 15 is 0 Å². The Kier molecular flexibility index (Phi) is 7.77. The van der Waals surface area contributed by atoms with Gasteiger partial charge in [0.2, 0.25) is 5.89 Å². The summed E-state index contributed by atoms with van der Waals surface area (Å²) in [6.07, 6.45) is 1.99. The van der Waals surface area contributed by atoms with Crippen molar-refractivity contribution in [2.24, 2.45) is 0 Å². The number of benzene rings is 3. The number of carbonyl (C=O) groups is 1. The third kappa shape index (κ3) is 6.05. The van der Waals surface area contributed by atoms with E-state index in [4.69, 9.17) is 21.4 Å². The number of fused-ring (bicyclic) bond motifs is 1. The molecule has 6 nitrogen and oxygen atoms in total. The van der Waals surface area contributed by atoms with Crippen LogP contribution in [0.15, 0.2) is 71.1 Å². The number of ether oxygens (including phenoxy) is 1. The van der Waals surface area contributed by atoms with Crippen molar-refractivity contribution in [1.29, 1.82) is 0 Å². The summed E-state index contributed by atoms with van der Waals surface area (Å²) in [6, 6.07) is 20.7. The first-order valence-corrected chi connectivity index (χ1v) is 12.2. The lowest BCUT2D eigenvalue weighted by molar-refractivity contribution is 0.0977. The number of nitrogens with zero attached hydrogens (tertiary/aromatic N) is 1. The van der Waals surface area contributed by atoms with Gasteiger partial charge in [0.25, 0.3) is 5.91 Å². The van der Waals surface area contributed by atoms with E-state index in [0.717, 1.165) is 40.9 Å². The molecule has 1 heterocycles. The predicted molar refractivity (Wildman–Crippen MR) is 144 cm³/mol. The van der Waals surface area contributed by atoms with E-state index < -0.39 is 0 Å². The summed E-state index contributed by atoms with van der Waals surface area (Å²) in [4.78, 5) is 17.2. The van der Waals surface area contributed by atoms with Crippen molar-refractivity contribution >= 4 is 40.0 Å². The van der Waals surface area contributed by atoms with Crippen molar-refractivity contribution in [2.45, 2.75) is 39.5 Å². The van der Waals surface area contributed by atoms with E-state index in [9.17, 15) is 4.79 Å². The fraction of sp³-hybridized carbons (Fsp3) is 0.250. The van der Waals surface area contributed by atoms with Crippen molar-refractivity contribution in [3.05, 3.63) is 77.9 Å². The van der Waals surface area contributed by atoms with Crippen LogP contribution in [-0.4, -0.2) is 22.6 Å². The summed E-state index contributed by atoms with van der Waals surface area (Å²) >= 11 is 5.35. The van der Waals surface area contributed by atoms with E-state index in [1.54, 1.807) is 24.3 Å². The zero-order valence-corrected chi connectivity index (χ0v) is 20.9. The van der Waals surface area contributed by atoms with E-state index in [1.807, 2.05) is 37.3 Å². The molecule has 35 heavy (non-hydrogen) atoms. The van der Waals surface area contributed by atoms with Gasteiger partial charge >= 0.3 is 0 Å². The van der Waals surface area contributed by atoms with E-state index in [2.05, 4.69) is 41.6 Å². The molecule has 7 heteroatoms. The highest BCUT2D eigenvalue weighted by atomic mass is 32.1. The molecule has 0 radical (unpaired) electrons. The van der Waals surface area contributed by atoms with Crippen LogP contribution in [0.2, 0.25) is 0 Å². The molecule has 0 fully saturated rings. The van der Waals surface area contributed by atoms with Gasteiger partial charge in [-0.2, -0.15) is 0 Å². The molecule has 0 unspecified atom stereocenters. The number of oxazole rings is 1. The zero-order chi connectivity index (χ0) is 24.8. The van der Waals surface area contributed by atoms with Crippen LogP contribution in [0.3, 0.4) is 0 Å². The molecule has 1 aromatic heterocycles. The highest BCUT2D eigenvalue weighted by Crippen LogP contribution is 2.29. The van der Waals surface area contributed by atoms with Gasteiger partial charge in [-0.25, -0.2) is 4.98 Å². The molecule has 0 saturated carbocycles. The summed E-state index contributed by atoms with van der Waals surface area (Å²) in [6.45, 7) is 7.06. The Morgan fingerprint density at radius 3 is 2.63 bits per heavy atom. The average Bonchev–Trinajstić information content (AvgIpc) is 3.31. The Hall–Kier alpha value is -3.71. The molecule has 4 rings (SSSR count). The summed E-state index contributed by atoms with van der Waals surface area (Å²) in [5.41, 5.74) is 4.87. The number of hydrogen-bond acceptors (Lipinski definition) is 5.